The lowest BCUT2D eigenvalue weighted by atomic mass is 9.70. The van der Waals surface area contributed by atoms with Gasteiger partial charge in [-0.2, -0.15) is 0 Å². The molecule has 0 aromatic carbocycles. The van der Waals surface area contributed by atoms with Gasteiger partial charge in [-0.1, -0.05) is 13.3 Å². The Morgan fingerprint density at radius 3 is 2.81 bits per heavy atom. The second-order valence-corrected chi connectivity index (χ2v) is 4.82. The van der Waals surface area contributed by atoms with Gasteiger partial charge < -0.3 is 15.5 Å². The predicted octanol–water partition coefficient (Wildman–Crippen LogP) is 1.66. The van der Waals surface area contributed by atoms with Crippen molar-refractivity contribution in [2.24, 2.45) is 11.1 Å². The lowest BCUT2D eigenvalue weighted by Crippen LogP contribution is -2.39. The van der Waals surface area contributed by atoms with Crippen LogP contribution in [0.1, 0.15) is 42.5 Å². The maximum absolute atomic E-state index is 11.7. The van der Waals surface area contributed by atoms with Crippen molar-refractivity contribution in [1.82, 2.24) is 5.32 Å². The lowest BCUT2D eigenvalue weighted by molar-refractivity contribution is 0.0862. The van der Waals surface area contributed by atoms with E-state index in [0.29, 0.717) is 23.5 Å². The molecule has 0 spiro atoms. The van der Waals surface area contributed by atoms with Crippen molar-refractivity contribution >= 4 is 5.91 Å². The van der Waals surface area contributed by atoms with Crippen molar-refractivity contribution in [3.63, 3.8) is 0 Å². The van der Waals surface area contributed by atoms with Gasteiger partial charge in [0.25, 0.3) is 5.91 Å². The average Bonchev–Trinajstić information content (AvgIpc) is 2.71. The van der Waals surface area contributed by atoms with Gasteiger partial charge in [-0.3, -0.25) is 4.79 Å². The summed E-state index contributed by atoms with van der Waals surface area (Å²) in [5, 5.41) is 2.91. The van der Waals surface area contributed by atoms with Crippen LogP contribution < -0.4 is 11.1 Å². The second kappa shape index (κ2) is 4.29. The van der Waals surface area contributed by atoms with Crippen LogP contribution in [-0.2, 0) is 6.54 Å². The van der Waals surface area contributed by atoms with Crippen molar-refractivity contribution < 1.29 is 9.21 Å². The molecular formula is C12H18N2O2. The molecule has 0 atom stereocenters. The highest BCUT2D eigenvalue weighted by molar-refractivity contribution is 5.91. The predicted molar refractivity (Wildman–Crippen MR) is 60.9 cm³/mol. The van der Waals surface area contributed by atoms with Gasteiger partial charge >= 0.3 is 0 Å². The van der Waals surface area contributed by atoms with Gasteiger partial charge in [-0.05, 0) is 30.4 Å². The van der Waals surface area contributed by atoms with Gasteiger partial charge in [-0.15, -0.1) is 0 Å². The Hall–Kier alpha value is -1.29. The van der Waals surface area contributed by atoms with Gasteiger partial charge in [0, 0.05) is 6.54 Å². The number of nitrogens with one attached hydrogen (secondary N) is 1. The minimum atomic E-state index is -0.146. The van der Waals surface area contributed by atoms with Crippen LogP contribution in [0, 0.1) is 5.41 Å². The third-order valence-electron chi connectivity index (χ3n) is 3.32. The molecule has 0 bridgehead atoms. The van der Waals surface area contributed by atoms with Gasteiger partial charge in [0.2, 0.25) is 0 Å². The number of furan rings is 1. The van der Waals surface area contributed by atoms with Crippen LogP contribution in [0.25, 0.3) is 0 Å². The van der Waals surface area contributed by atoms with E-state index in [1.54, 1.807) is 12.1 Å². The van der Waals surface area contributed by atoms with E-state index in [9.17, 15) is 4.79 Å². The van der Waals surface area contributed by atoms with E-state index in [1.165, 1.54) is 19.3 Å². The lowest BCUT2D eigenvalue weighted by Gasteiger charge is -2.38. The van der Waals surface area contributed by atoms with Gasteiger partial charge in [-0.25, -0.2) is 0 Å². The monoisotopic (exact) mass is 222 g/mol. The molecule has 1 aromatic heterocycles. The van der Waals surface area contributed by atoms with Gasteiger partial charge in [0.05, 0.1) is 6.54 Å². The van der Waals surface area contributed by atoms with Gasteiger partial charge in [0.15, 0.2) is 5.76 Å². The minimum Gasteiger partial charge on any atom is -0.455 e. The van der Waals surface area contributed by atoms with E-state index in [1.807, 2.05) is 0 Å². The molecule has 88 valence electrons. The summed E-state index contributed by atoms with van der Waals surface area (Å²) in [5.74, 6) is 0.844. The summed E-state index contributed by atoms with van der Waals surface area (Å²) in [6, 6.07) is 3.40. The number of carbonyl (C=O) groups is 1. The molecule has 1 aliphatic carbocycles. The Labute approximate surface area is 95.2 Å². The normalized spacial score (nSPS) is 17.9. The molecule has 4 nitrogen and oxygen atoms in total. The molecule has 16 heavy (non-hydrogen) atoms. The van der Waals surface area contributed by atoms with Crippen LogP contribution in [0.2, 0.25) is 0 Å². The molecule has 1 amide bonds. The smallest absolute Gasteiger partial charge is 0.287 e. The van der Waals surface area contributed by atoms with Crippen molar-refractivity contribution in [2.75, 3.05) is 6.54 Å². The fourth-order valence-electron chi connectivity index (χ4n) is 1.95. The highest BCUT2D eigenvalue weighted by Gasteiger charge is 2.32. The molecule has 3 N–H and O–H groups in total. The third kappa shape index (κ3) is 2.27. The average molecular weight is 222 g/mol. The van der Waals surface area contributed by atoms with Gasteiger partial charge in [0.1, 0.15) is 5.76 Å². The molecule has 1 saturated carbocycles. The second-order valence-electron chi connectivity index (χ2n) is 4.82. The molecular weight excluding hydrogens is 204 g/mol. The van der Waals surface area contributed by atoms with E-state index < -0.39 is 0 Å². The molecule has 1 heterocycles. The molecule has 0 unspecified atom stereocenters. The highest BCUT2D eigenvalue weighted by atomic mass is 16.4. The fraction of sp³-hybridized carbons (Fsp3) is 0.583. The molecule has 2 rings (SSSR count). The zero-order valence-electron chi connectivity index (χ0n) is 9.58. The Kier molecular flexibility index (Phi) is 3.01. The Bertz CT molecular complexity index is 380. The van der Waals surface area contributed by atoms with Crippen LogP contribution in [0.15, 0.2) is 16.5 Å². The quantitative estimate of drug-likeness (QED) is 0.814. The molecule has 0 saturated heterocycles. The summed E-state index contributed by atoms with van der Waals surface area (Å²) in [7, 11) is 0. The summed E-state index contributed by atoms with van der Waals surface area (Å²) >= 11 is 0. The molecule has 0 aliphatic heterocycles. The van der Waals surface area contributed by atoms with Crippen molar-refractivity contribution in [1.29, 1.82) is 0 Å². The van der Waals surface area contributed by atoms with Crippen LogP contribution in [0.5, 0.6) is 0 Å². The summed E-state index contributed by atoms with van der Waals surface area (Å²) < 4.78 is 5.27. The zero-order valence-corrected chi connectivity index (χ0v) is 9.58. The summed E-state index contributed by atoms with van der Waals surface area (Å²) in [6.07, 6.45) is 3.66. The number of carbonyl (C=O) groups excluding carboxylic acids is 1. The maximum atomic E-state index is 11.7. The maximum Gasteiger partial charge on any atom is 0.287 e. The highest BCUT2D eigenvalue weighted by Crippen LogP contribution is 2.39. The zero-order chi connectivity index (χ0) is 11.6. The Morgan fingerprint density at radius 1 is 1.56 bits per heavy atom. The van der Waals surface area contributed by atoms with Crippen molar-refractivity contribution in [3.05, 3.63) is 23.7 Å². The van der Waals surface area contributed by atoms with Crippen LogP contribution in [0.4, 0.5) is 0 Å². The minimum absolute atomic E-state index is 0.146. The van der Waals surface area contributed by atoms with Crippen molar-refractivity contribution in [2.45, 2.75) is 32.7 Å². The number of nitrogens with two attached hydrogens (primary N) is 1. The first-order valence-corrected chi connectivity index (χ1v) is 5.70. The van der Waals surface area contributed by atoms with E-state index in [0.717, 1.165) is 6.54 Å². The summed E-state index contributed by atoms with van der Waals surface area (Å²) in [6.45, 7) is 3.25. The van der Waals surface area contributed by atoms with E-state index >= 15 is 0 Å². The molecule has 1 aliphatic rings. The van der Waals surface area contributed by atoms with Crippen LogP contribution in [0.3, 0.4) is 0 Å². The first-order chi connectivity index (χ1) is 7.63. The summed E-state index contributed by atoms with van der Waals surface area (Å²) in [5.41, 5.74) is 5.70. The standard InChI is InChI=1S/C12H18N2O2/c1-12(5-2-6-12)8-14-11(15)10-4-3-9(7-13)16-10/h3-4H,2,5-8,13H2,1H3,(H,14,15). The number of rotatable bonds is 4. The molecule has 1 aromatic rings. The number of amides is 1. The fourth-order valence-corrected chi connectivity index (χ4v) is 1.95. The Balaban J connectivity index is 1.87. The van der Waals surface area contributed by atoms with Crippen LogP contribution in [-0.4, -0.2) is 12.5 Å². The van der Waals surface area contributed by atoms with E-state index in [2.05, 4.69) is 12.2 Å². The van der Waals surface area contributed by atoms with E-state index in [4.69, 9.17) is 10.2 Å². The Morgan fingerprint density at radius 2 is 2.31 bits per heavy atom. The van der Waals surface area contributed by atoms with Crippen molar-refractivity contribution in [3.8, 4) is 0 Å². The first kappa shape index (κ1) is 11.2. The molecule has 0 radical (unpaired) electrons. The third-order valence-corrected chi connectivity index (χ3v) is 3.32. The topological polar surface area (TPSA) is 68.3 Å². The van der Waals surface area contributed by atoms with Crippen LogP contribution >= 0.6 is 0 Å². The number of hydrogen-bond donors (Lipinski definition) is 2. The molecule has 4 heteroatoms. The number of hydrogen-bond acceptors (Lipinski definition) is 3. The SMILES string of the molecule is CC1(CNC(=O)c2ccc(CN)o2)CCC1. The molecule has 1 fully saturated rings. The van der Waals surface area contributed by atoms with E-state index in [-0.39, 0.29) is 5.91 Å². The first-order valence-electron chi connectivity index (χ1n) is 5.70. The largest absolute Gasteiger partial charge is 0.455 e. The summed E-state index contributed by atoms with van der Waals surface area (Å²) in [4.78, 5) is 11.7.